The fourth-order valence-electron chi connectivity index (χ4n) is 2.99. The molecule has 0 unspecified atom stereocenters. The van der Waals surface area contributed by atoms with E-state index < -0.39 is 0 Å². The van der Waals surface area contributed by atoms with Crippen molar-refractivity contribution < 1.29 is 4.79 Å². The Kier molecular flexibility index (Phi) is 5.71. The van der Waals surface area contributed by atoms with Crippen LogP contribution in [0.3, 0.4) is 0 Å². The highest BCUT2D eigenvalue weighted by atomic mass is 16.2. The SMILES string of the molecule is CC(C)C[C@H](N)C(=O)N1CCC(N(C)c2cccnn2)CC1. The van der Waals surface area contributed by atoms with Gasteiger partial charge in [-0.1, -0.05) is 13.8 Å². The van der Waals surface area contributed by atoms with Gasteiger partial charge in [0.2, 0.25) is 5.91 Å². The molecule has 1 atom stereocenters. The predicted octanol–water partition coefficient (Wildman–Crippen LogP) is 1.28. The van der Waals surface area contributed by atoms with Crippen molar-refractivity contribution >= 4 is 11.7 Å². The van der Waals surface area contributed by atoms with Gasteiger partial charge in [0.05, 0.1) is 6.04 Å². The average molecular weight is 305 g/mol. The van der Waals surface area contributed by atoms with Crippen molar-refractivity contribution in [2.24, 2.45) is 11.7 Å². The molecule has 6 heteroatoms. The van der Waals surface area contributed by atoms with E-state index in [2.05, 4.69) is 28.9 Å². The lowest BCUT2D eigenvalue weighted by molar-refractivity contribution is -0.134. The topological polar surface area (TPSA) is 75.4 Å². The lowest BCUT2D eigenvalue weighted by atomic mass is 10.00. The van der Waals surface area contributed by atoms with E-state index in [4.69, 9.17) is 5.73 Å². The first-order valence-electron chi connectivity index (χ1n) is 8.04. The molecule has 0 aliphatic carbocycles. The zero-order chi connectivity index (χ0) is 16.1. The van der Waals surface area contributed by atoms with Crippen LogP contribution >= 0.6 is 0 Å². The van der Waals surface area contributed by atoms with Crippen LogP contribution in [0.15, 0.2) is 18.3 Å². The third-order valence-electron chi connectivity index (χ3n) is 4.29. The standard InChI is InChI=1S/C16H27N5O/c1-12(2)11-14(17)16(22)21-9-6-13(7-10-21)20(3)15-5-4-8-18-19-15/h4-5,8,12-14H,6-7,9-11,17H2,1-3H3/t14-/m0/s1. The van der Waals surface area contributed by atoms with Crippen molar-refractivity contribution in [2.45, 2.75) is 45.2 Å². The van der Waals surface area contributed by atoms with E-state index in [0.717, 1.165) is 38.2 Å². The number of carbonyl (C=O) groups excluding carboxylic acids is 1. The van der Waals surface area contributed by atoms with Gasteiger partial charge in [-0.15, -0.1) is 5.10 Å². The second-order valence-electron chi connectivity index (χ2n) is 6.49. The number of likely N-dealkylation sites (tertiary alicyclic amines) is 1. The minimum Gasteiger partial charge on any atom is -0.355 e. The summed E-state index contributed by atoms with van der Waals surface area (Å²) in [6, 6.07) is 3.88. The molecule has 2 rings (SSSR count). The monoisotopic (exact) mass is 305 g/mol. The molecule has 0 radical (unpaired) electrons. The second-order valence-corrected chi connectivity index (χ2v) is 6.49. The largest absolute Gasteiger partial charge is 0.355 e. The van der Waals surface area contributed by atoms with Crippen molar-refractivity contribution in [3.8, 4) is 0 Å². The van der Waals surface area contributed by atoms with E-state index in [1.807, 2.05) is 24.1 Å². The van der Waals surface area contributed by atoms with Gasteiger partial charge in [0, 0.05) is 32.4 Å². The number of amides is 1. The maximum atomic E-state index is 12.3. The molecule has 1 aromatic heterocycles. The lowest BCUT2D eigenvalue weighted by Gasteiger charge is -2.38. The molecule has 1 amide bonds. The summed E-state index contributed by atoms with van der Waals surface area (Å²) >= 11 is 0. The van der Waals surface area contributed by atoms with Crippen LogP contribution in [0.2, 0.25) is 0 Å². The van der Waals surface area contributed by atoms with E-state index in [0.29, 0.717) is 12.0 Å². The van der Waals surface area contributed by atoms with Crippen LogP contribution in [-0.2, 0) is 4.79 Å². The minimum absolute atomic E-state index is 0.0919. The van der Waals surface area contributed by atoms with Gasteiger partial charge in [0.15, 0.2) is 5.82 Å². The van der Waals surface area contributed by atoms with Crippen LogP contribution in [0.25, 0.3) is 0 Å². The van der Waals surface area contributed by atoms with Gasteiger partial charge < -0.3 is 15.5 Å². The average Bonchev–Trinajstić information content (AvgIpc) is 2.54. The van der Waals surface area contributed by atoms with Crippen molar-refractivity contribution in [1.82, 2.24) is 15.1 Å². The zero-order valence-electron chi connectivity index (χ0n) is 13.8. The molecule has 0 bridgehead atoms. The first-order valence-corrected chi connectivity index (χ1v) is 8.04. The highest BCUT2D eigenvalue weighted by Gasteiger charge is 2.28. The number of aromatic nitrogens is 2. The maximum absolute atomic E-state index is 12.3. The van der Waals surface area contributed by atoms with Gasteiger partial charge in [-0.05, 0) is 37.3 Å². The summed E-state index contributed by atoms with van der Waals surface area (Å²) in [7, 11) is 2.04. The third kappa shape index (κ3) is 4.16. The van der Waals surface area contributed by atoms with E-state index in [1.165, 1.54) is 0 Å². The van der Waals surface area contributed by atoms with Crippen molar-refractivity contribution in [3.63, 3.8) is 0 Å². The number of hydrogen-bond acceptors (Lipinski definition) is 5. The molecule has 1 saturated heterocycles. The van der Waals surface area contributed by atoms with Crippen molar-refractivity contribution in [2.75, 3.05) is 25.0 Å². The molecule has 2 heterocycles. The summed E-state index contributed by atoms with van der Waals surface area (Å²) in [4.78, 5) is 16.4. The van der Waals surface area contributed by atoms with Gasteiger partial charge in [0.1, 0.15) is 0 Å². The highest BCUT2D eigenvalue weighted by molar-refractivity contribution is 5.81. The fraction of sp³-hybridized carbons (Fsp3) is 0.688. The predicted molar refractivity (Wildman–Crippen MR) is 87.5 cm³/mol. The molecule has 0 aromatic carbocycles. The van der Waals surface area contributed by atoms with E-state index >= 15 is 0 Å². The van der Waals surface area contributed by atoms with Crippen molar-refractivity contribution in [1.29, 1.82) is 0 Å². The molecule has 0 saturated carbocycles. The summed E-state index contributed by atoms with van der Waals surface area (Å²) in [5.74, 6) is 1.41. The van der Waals surface area contributed by atoms with Gasteiger partial charge in [-0.25, -0.2) is 0 Å². The summed E-state index contributed by atoms with van der Waals surface area (Å²) in [6.07, 6.45) is 4.30. The van der Waals surface area contributed by atoms with Gasteiger partial charge in [-0.2, -0.15) is 5.10 Å². The molecule has 6 nitrogen and oxygen atoms in total. The zero-order valence-corrected chi connectivity index (χ0v) is 13.8. The van der Waals surface area contributed by atoms with Crippen LogP contribution < -0.4 is 10.6 Å². The minimum atomic E-state index is -0.366. The van der Waals surface area contributed by atoms with Gasteiger partial charge in [0.25, 0.3) is 0 Å². The van der Waals surface area contributed by atoms with Crippen LogP contribution in [0.5, 0.6) is 0 Å². The Morgan fingerprint density at radius 2 is 2.14 bits per heavy atom. The number of rotatable bonds is 5. The van der Waals surface area contributed by atoms with Crippen LogP contribution in [0.4, 0.5) is 5.82 Å². The maximum Gasteiger partial charge on any atom is 0.239 e. The van der Waals surface area contributed by atoms with E-state index in [1.54, 1.807) is 6.20 Å². The Morgan fingerprint density at radius 1 is 1.45 bits per heavy atom. The summed E-state index contributed by atoms with van der Waals surface area (Å²) in [6.45, 7) is 5.71. The van der Waals surface area contributed by atoms with E-state index in [-0.39, 0.29) is 11.9 Å². The molecular formula is C16H27N5O. The number of hydrogen-bond donors (Lipinski definition) is 1. The third-order valence-corrected chi connectivity index (χ3v) is 4.29. The van der Waals surface area contributed by atoms with E-state index in [9.17, 15) is 4.79 Å². The van der Waals surface area contributed by atoms with Crippen molar-refractivity contribution in [3.05, 3.63) is 18.3 Å². The molecule has 1 aliphatic rings. The van der Waals surface area contributed by atoms with Crippen LogP contribution in [-0.4, -0.2) is 53.2 Å². The number of nitrogens with two attached hydrogens (primary N) is 1. The Bertz CT molecular complexity index is 471. The van der Waals surface area contributed by atoms with Gasteiger partial charge >= 0.3 is 0 Å². The Labute approximate surface area is 132 Å². The first kappa shape index (κ1) is 16.7. The molecule has 0 spiro atoms. The molecule has 2 N–H and O–H groups in total. The summed E-state index contributed by atoms with van der Waals surface area (Å²) in [5.41, 5.74) is 6.01. The molecular weight excluding hydrogens is 278 g/mol. The quantitative estimate of drug-likeness (QED) is 0.887. The molecule has 122 valence electrons. The number of anilines is 1. The Hall–Kier alpha value is -1.69. The molecule has 1 aromatic rings. The molecule has 1 aliphatic heterocycles. The van der Waals surface area contributed by atoms with Crippen LogP contribution in [0.1, 0.15) is 33.1 Å². The summed E-state index contributed by atoms with van der Waals surface area (Å²) < 4.78 is 0. The number of nitrogens with zero attached hydrogens (tertiary/aromatic N) is 4. The summed E-state index contributed by atoms with van der Waals surface area (Å²) in [5, 5.41) is 8.07. The highest BCUT2D eigenvalue weighted by Crippen LogP contribution is 2.20. The Morgan fingerprint density at radius 3 is 2.68 bits per heavy atom. The van der Waals surface area contributed by atoms with Crippen LogP contribution in [0, 0.1) is 5.92 Å². The first-order chi connectivity index (χ1) is 10.5. The molecule has 1 fully saturated rings. The Balaban J connectivity index is 1.86. The lowest BCUT2D eigenvalue weighted by Crippen LogP contribution is -2.50. The fourth-order valence-corrected chi connectivity index (χ4v) is 2.99. The van der Waals surface area contributed by atoms with Gasteiger partial charge in [-0.3, -0.25) is 4.79 Å². The normalized spacial score (nSPS) is 17.6. The smallest absolute Gasteiger partial charge is 0.239 e. The number of carbonyl (C=O) groups is 1. The number of piperidine rings is 1. The second kappa shape index (κ2) is 7.54. The molecule has 22 heavy (non-hydrogen) atoms.